The molecule has 1 aliphatic carbocycles. The zero-order valence-corrected chi connectivity index (χ0v) is 15.9. The summed E-state index contributed by atoms with van der Waals surface area (Å²) in [6, 6.07) is 16.3. The van der Waals surface area contributed by atoms with E-state index in [1.54, 1.807) is 22.9 Å². The molecule has 1 saturated carbocycles. The fourth-order valence-corrected chi connectivity index (χ4v) is 3.57. The topological polar surface area (TPSA) is 110 Å². The monoisotopic (exact) mass is 402 g/mol. The van der Waals surface area contributed by atoms with Crippen molar-refractivity contribution in [3.8, 4) is 5.69 Å². The zero-order valence-electron chi connectivity index (χ0n) is 15.9. The van der Waals surface area contributed by atoms with E-state index >= 15 is 0 Å². The Hall–Kier alpha value is -4.01. The summed E-state index contributed by atoms with van der Waals surface area (Å²) in [5.41, 5.74) is 1.60. The van der Waals surface area contributed by atoms with E-state index in [1.165, 1.54) is 12.3 Å². The van der Waals surface area contributed by atoms with Crippen LogP contribution in [0.15, 0.2) is 65.6 Å². The number of hydrogen-bond acceptors (Lipinski definition) is 6. The van der Waals surface area contributed by atoms with E-state index in [0.717, 1.165) is 18.5 Å². The van der Waals surface area contributed by atoms with Crippen molar-refractivity contribution in [1.29, 1.82) is 0 Å². The van der Waals surface area contributed by atoms with E-state index in [4.69, 9.17) is 4.98 Å². The number of nitro groups is 1. The number of benzene rings is 2. The van der Waals surface area contributed by atoms with Crippen LogP contribution in [0.3, 0.4) is 0 Å². The molecule has 1 aliphatic rings. The van der Waals surface area contributed by atoms with E-state index in [2.05, 4.69) is 10.1 Å². The van der Waals surface area contributed by atoms with Gasteiger partial charge in [0.2, 0.25) is 5.95 Å². The van der Waals surface area contributed by atoms with Crippen LogP contribution in [0.2, 0.25) is 0 Å². The summed E-state index contributed by atoms with van der Waals surface area (Å²) in [4.78, 5) is 33.3. The average molecular weight is 402 g/mol. The van der Waals surface area contributed by atoms with Crippen molar-refractivity contribution in [3.05, 3.63) is 86.8 Å². The van der Waals surface area contributed by atoms with Crippen LogP contribution in [-0.4, -0.2) is 30.7 Å². The Bertz CT molecular complexity index is 1290. The van der Waals surface area contributed by atoms with Crippen LogP contribution in [0, 0.1) is 10.1 Å². The Morgan fingerprint density at radius 2 is 1.87 bits per heavy atom. The first-order chi connectivity index (χ1) is 14.6. The van der Waals surface area contributed by atoms with Crippen molar-refractivity contribution in [2.75, 3.05) is 4.90 Å². The maximum atomic E-state index is 12.7. The fourth-order valence-electron chi connectivity index (χ4n) is 3.57. The minimum atomic E-state index is -0.385. The Balaban J connectivity index is 1.60. The van der Waals surface area contributed by atoms with Gasteiger partial charge in [-0.1, -0.05) is 36.4 Å². The third-order valence-electron chi connectivity index (χ3n) is 5.22. The van der Waals surface area contributed by atoms with Crippen LogP contribution in [0.5, 0.6) is 0 Å². The van der Waals surface area contributed by atoms with Gasteiger partial charge >= 0.3 is 0 Å². The molecule has 0 atom stereocenters. The van der Waals surface area contributed by atoms with E-state index in [-0.39, 0.29) is 28.8 Å². The molecule has 0 bridgehead atoms. The van der Waals surface area contributed by atoms with Gasteiger partial charge in [-0.25, -0.2) is 4.68 Å². The molecule has 0 unspecified atom stereocenters. The highest BCUT2D eigenvalue weighted by atomic mass is 16.6. The Labute approximate surface area is 170 Å². The van der Waals surface area contributed by atoms with Gasteiger partial charge in [0.1, 0.15) is 5.39 Å². The SMILES string of the molecule is O=c1[nH]c(N(Cc2ccccc2[N+](=O)[O-])C2CC2)nc2c1cnn2-c1ccccc1. The fraction of sp³-hybridized carbons (Fsp3) is 0.190. The lowest BCUT2D eigenvalue weighted by Gasteiger charge is -2.23. The number of fused-ring (bicyclic) bond motifs is 1. The maximum Gasteiger partial charge on any atom is 0.274 e. The second-order valence-corrected chi connectivity index (χ2v) is 7.26. The van der Waals surface area contributed by atoms with Crippen molar-refractivity contribution in [1.82, 2.24) is 19.7 Å². The Morgan fingerprint density at radius 3 is 2.60 bits per heavy atom. The van der Waals surface area contributed by atoms with E-state index in [9.17, 15) is 14.9 Å². The van der Waals surface area contributed by atoms with Crippen LogP contribution in [0.25, 0.3) is 16.7 Å². The Kier molecular flexibility index (Phi) is 4.27. The summed E-state index contributed by atoms with van der Waals surface area (Å²) in [5, 5.41) is 16.2. The number of hydrogen-bond donors (Lipinski definition) is 1. The number of nitrogens with zero attached hydrogens (tertiary/aromatic N) is 5. The van der Waals surface area contributed by atoms with Crippen LogP contribution >= 0.6 is 0 Å². The number of rotatable bonds is 6. The first-order valence-electron chi connectivity index (χ1n) is 9.64. The summed E-state index contributed by atoms with van der Waals surface area (Å²) >= 11 is 0. The molecule has 0 radical (unpaired) electrons. The zero-order chi connectivity index (χ0) is 20.7. The molecular weight excluding hydrogens is 384 g/mol. The molecule has 2 heterocycles. The quantitative estimate of drug-likeness (QED) is 0.392. The maximum absolute atomic E-state index is 12.7. The molecule has 150 valence electrons. The van der Waals surface area contributed by atoms with Crippen molar-refractivity contribution in [3.63, 3.8) is 0 Å². The smallest absolute Gasteiger partial charge is 0.274 e. The van der Waals surface area contributed by atoms with Gasteiger partial charge in [0, 0.05) is 17.7 Å². The van der Waals surface area contributed by atoms with Gasteiger partial charge in [0.15, 0.2) is 5.65 Å². The van der Waals surface area contributed by atoms with Crippen LogP contribution in [-0.2, 0) is 6.54 Å². The first-order valence-corrected chi connectivity index (χ1v) is 9.64. The third kappa shape index (κ3) is 3.20. The summed E-state index contributed by atoms with van der Waals surface area (Å²) in [5.74, 6) is 0.394. The van der Waals surface area contributed by atoms with Gasteiger partial charge in [-0.05, 0) is 25.0 Å². The lowest BCUT2D eigenvalue weighted by molar-refractivity contribution is -0.385. The largest absolute Gasteiger partial charge is 0.335 e. The lowest BCUT2D eigenvalue weighted by Crippen LogP contribution is -2.29. The number of aromatic nitrogens is 4. The van der Waals surface area contributed by atoms with Crippen LogP contribution in [0.1, 0.15) is 18.4 Å². The minimum absolute atomic E-state index is 0.0564. The molecule has 0 aliphatic heterocycles. The summed E-state index contributed by atoms with van der Waals surface area (Å²) < 4.78 is 1.63. The van der Waals surface area contributed by atoms with Gasteiger partial charge in [-0.15, -0.1) is 0 Å². The molecule has 0 spiro atoms. The molecular formula is C21H18N6O3. The molecule has 30 heavy (non-hydrogen) atoms. The van der Waals surface area contributed by atoms with Crippen LogP contribution in [0.4, 0.5) is 11.6 Å². The molecule has 0 amide bonds. The first kappa shape index (κ1) is 18.0. The van der Waals surface area contributed by atoms with Crippen molar-refractivity contribution in [2.24, 2.45) is 0 Å². The van der Waals surface area contributed by atoms with Crippen LogP contribution < -0.4 is 10.5 Å². The number of aromatic amines is 1. The molecule has 1 fully saturated rings. The standard InChI is InChI=1S/C21H18N6O3/c28-20-17-12-22-26(16-7-2-1-3-8-16)19(17)23-21(24-20)25(15-10-11-15)13-14-6-4-5-9-18(14)27(29)30/h1-9,12,15H,10-11,13H2,(H,23,24,28). The van der Waals surface area contributed by atoms with Gasteiger partial charge < -0.3 is 4.90 Å². The molecule has 5 rings (SSSR count). The lowest BCUT2D eigenvalue weighted by atomic mass is 10.1. The number of nitro benzene ring substituents is 1. The Morgan fingerprint density at radius 1 is 1.13 bits per heavy atom. The predicted octanol–water partition coefficient (Wildman–Crippen LogP) is 3.19. The van der Waals surface area contributed by atoms with Crippen molar-refractivity contribution >= 4 is 22.7 Å². The average Bonchev–Trinajstić information content (AvgIpc) is 3.51. The number of H-pyrrole nitrogens is 1. The minimum Gasteiger partial charge on any atom is -0.335 e. The second-order valence-electron chi connectivity index (χ2n) is 7.26. The predicted molar refractivity (Wildman–Crippen MR) is 112 cm³/mol. The third-order valence-corrected chi connectivity index (χ3v) is 5.22. The molecule has 9 nitrogen and oxygen atoms in total. The van der Waals surface area contributed by atoms with Crippen molar-refractivity contribution < 1.29 is 4.92 Å². The van der Waals surface area contributed by atoms with E-state index < -0.39 is 0 Å². The highest BCUT2D eigenvalue weighted by molar-refractivity contribution is 5.76. The number of para-hydroxylation sites is 2. The van der Waals surface area contributed by atoms with E-state index in [1.807, 2.05) is 35.2 Å². The van der Waals surface area contributed by atoms with Gasteiger partial charge in [-0.2, -0.15) is 10.1 Å². The molecule has 0 saturated heterocycles. The van der Waals surface area contributed by atoms with Gasteiger partial charge in [-0.3, -0.25) is 19.9 Å². The van der Waals surface area contributed by atoms with Gasteiger partial charge in [0.05, 0.1) is 23.4 Å². The number of anilines is 1. The molecule has 2 aromatic heterocycles. The summed E-state index contributed by atoms with van der Waals surface area (Å²) in [6.07, 6.45) is 3.39. The van der Waals surface area contributed by atoms with Gasteiger partial charge in [0.25, 0.3) is 11.2 Å². The second kappa shape index (κ2) is 7.11. The number of nitrogens with one attached hydrogen (secondary N) is 1. The molecule has 1 N–H and O–H groups in total. The molecule has 4 aromatic rings. The van der Waals surface area contributed by atoms with Crippen molar-refractivity contribution in [2.45, 2.75) is 25.4 Å². The molecule has 2 aromatic carbocycles. The highest BCUT2D eigenvalue weighted by Gasteiger charge is 2.32. The summed E-state index contributed by atoms with van der Waals surface area (Å²) in [6.45, 7) is 0.287. The normalized spacial score (nSPS) is 13.5. The van der Waals surface area contributed by atoms with E-state index in [0.29, 0.717) is 22.5 Å². The molecule has 9 heteroatoms. The highest BCUT2D eigenvalue weighted by Crippen LogP contribution is 2.33. The summed E-state index contributed by atoms with van der Waals surface area (Å²) in [7, 11) is 0.